The highest BCUT2D eigenvalue weighted by atomic mass is 19.1. The SMILES string of the molecule is CCCCOc1ccc(F)c(COC(=O)N2C(C)CNCC2C)c1. The molecule has 0 aromatic heterocycles. The molecular formula is C18H27FN2O3. The highest BCUT2D eigenvalue weighted by molar-refractivity contribution is 5.68. The normalized spacial score (nSPS) is 20.8. The van der Waals surface area contributed by atoms with Crippen molar-refractivity contribution in [2.24, 2.45) is 0 Å². The summed E-state index contributed by atoms with van der Waals surface area (Å²) in [6, 6.07) is 4.64. The van der Waals surface area contributed by atoms with Crippen LogP contribution in [0.3, 0.4) is 0 Å². The number of halogens is 1. The van der Waals surface area contributed by atoms with Crippen LogP contribution >= 0.6 is 0 Å². The zero-order valence-electron chi connectivity index (χ0n) is 14.7. The zero-order valence-corrected chi connectivity index (χ0v) is 14.7. The van der Waals surface area contributed by atoms with Gasteiger partial charge in [-0.2, -0.15) is 0 Å². The Labute approximate surface area is 143 Å². The van der Waals surface area contributed by atoms with Gasteiger partial charge in [0.15, 0.2) is 0 Å². The first-order valence-electron chi connectivity index (χ1n) is 8.60. The fourth-order valence-corrected chi connectivity index (χ4v) is 2.79. The minimum atomic E-state index is -0.409. The predicted molar refractivity (Wildman–Crippen MR) is 90.6 cm³/mol. The second kappa shape index (κ2) is 8.87. The average Bonchev–Trinajstić information content (AvgIpc) is 2.55. The highest BCUT2D eigenvalue weighted by Gasteiger charge is 2.30. The Morgan fingerprint density at radius 1 is 1.33 bits per heavy atom. The number of carbonyl (C=O) groups excluding carboxylic acids is 1. The molecule has 5 nitrogen and oxygen atoms in total. The van der Waals surface area contributed by atoms with E-state index in [4.69, 9.17) is 9.47 Å². The standard InChI is InChI=1S/C18H27FN2O3/c1-4-5-8-23-16-6-7-17(19)15(9-16)12-24-18(22)21-13(2)10-20-11-14(21)3/h6-7,9,13-14,20H,4-5,8,10-12H2,1-3H3. The summed E-state index contributed by atoms with van der Waals surface area (Å²) < 4.78 is 24.8. The number of benzene rings is 1. The molecule has 0 saturated carbocycles. The molecule has 2 rings (SSSR count). The number of amides is 1. The molecule has 0 spiro atoms. The second-order valence-electron chi connectivity index (χ2n) is 6.27. The number of nitrogens with zero attached hydrogens (tertiary/aromatic N) is 1. The lowest BCUT2D eigenvalue weighted by Crippen LogP contribution is -2.57. The molecule has 1 heterocycles. The summed E-state index contributed by atoms with van der Waals surface area (Å²) >= 11 is 0. The first-order chi connectivity index (χ1) is 11.5. The third-order valence-electron chi connectivity index (χ3n) is 4.17. The molecule has 2 unspecified atom stereocenters. The number of hydrogen-bond acceptors (Lipinski definition) is 4. The second-order valence-corrected chi connectivity index (χ2v) is 6.27. The number of piperazine rings is 1. The van der Waals surface area contributed by atoms with Crippen molar-refractivity contribution < 1.29 is 18.7 Å². The Balaban J connectivity index is 1.95. The number of hydrogen-bond donors (Lipinski definition) is 1. The van der Waals surface area contributed by atoms with Gasteiger partial charge in [0.25, 0.3) is 0 Å². The fourth-order valence-electron chi connectivity index (χ4n) is 2.79. The molecule has 1 aliphatic heterocycles. The first-order valence-corrected chi connectivity index (χ1v) is 8.60. The van der Waals surface area contributed by atoms with E-state index in [-0.39, 0.29) is 18.7 Å². The lowest BCUT2D eigenvalue weighted by atomic mass is 10.1. The van der Waals surface area contributed by atoms with Crippen LogP contribution < -0.4 is 10.1 Å². The molecule has 1 N–H and O–H groups in total. The molecule has 0 radical (unpaired) electrons. The van der Waals surface area contributed by atoms with Crippen molar-refractivity contribution in [3.05, 3.63) is 29.6 Å². The number of ether oxygens (including phenoxy) is 2. The maximum Gasteiger partial charge on any atom is 0.410 e. The van der Waals surface area contributed by atoms with Gasteiger partial charge in [0.2, 0.25) is 0 Å². The highest BCUT2D eigenvalue weighted by Crippen LogP contribution is 2.19. The quantitative estimate of drug-likeness (QED) is 0.809. The summed E-state index contributed by atoms with van der Waals surface area (Å²) in [5.74, 6) is 0.201. The van der Waals surface area contributed by atoms with Gasteiger partial charge in [-0.3, -0.25) is 0 Å². The molecule has 0 bridgehead atoms. The van der Waals surface area contributed by atoms with Crippen LogP contribution in [0.5, 0.6) is 5.75 Å². The molecule has 134 valence electrons. The van der Waals surface area contributed by atoms with Crippen molar-refractivity contribution in [3.8, 4) is 5.75 Å². The van der Waals surface area contributed by atoms with Gasteiger partial charge in [0, 0.05) is 30.7 Å². The third kappa shape index (κ3) is 4.84. The molecule has 0 aliphatic carbocycles. The summed E-state index contributed by atoms with van der Waals surface area (Å²) in [4.78, 5) is 14.0. The van der Waals surface area contributed by atoms with Crippen LogP contribution in [0.15, 0.2) is 18.2 Å². The van der Waals surface area contributed by atoms with E-state index < -0.39 is 11.9 Å². The average molecular weight is 338 g/mol. The van der Waals surface area contributed by atoms with Gasteiger partial charge < -0.3 is 19.7 Å². The van der Waals surface area contributed by atoms with Gasteiger partial charge in [-0.25, -0.2) is 9.18 Å². The van der Waals surface area contributed by atoms with Crippen LogP contribution in [0.2, 0.25) is 0 Å². The zero-order chi connectivity index (χ0) is 17.5. The summed E-state index contributed by atoms with van der Waals surface area (Å²) in [5.41, 5.74) is 0.327. The van der Waals surface area contributed by atoms with Gasteiger partial charge in [-0.15, -0.1) is 0 Å². The maximum absolute atomic E-state index is 13.9. The molecule has 6 heteroatoms. The molecule has 1 amide bonds. The predicted octanol–water partition coefficient (Wildman–Crippen LogP) is 3.32. The van der Waals surface area contributed by atoms with Crippen LogP contribution in [0, 0.1) is 5.82 Å². The van der Waals surface area contributed by atoms with Crippen LogP contribution in [0.4, 0.5) is 9.18 Å². The summed E-state index contributed by atoms with van der Waals surface area (Å²) in [7, 11) is 0. The monoisotopic (exact) mass is 338 g/mol. The molecule has 24 heavy (non-hydrogen) atoms. The van der Waals surface area contributed by atoms with Crippen molar-refractivity contribution in [3.63, 3.8) is 0 Å². The van der Waals surface area contributed by atoms with Crippen molar-refractivity contribution in [2.45, 2.75) is 52.3 Å². The number of carbonyl (C=O) groups is 1. The Morgan fingerprint density at radius 2 is 2.04 bits per heavy atom. The van der Waals surface area contributed by atoms with Crippen molar-refractivity contribution in [2.75, 3.05) is 19.7 Å². The van der Waals surface area contributed by atoms with E-state index in [2.05, 4.69) is 12.2 Å². The lowest BCUT2D eigenvalue weighted by Gasteiger charge is -2.38. The van der Waals surface area contributed by atoms with E-state index in [1.807, 2.05) is 13.8 Å². The van der Waals surface area contributed by atoms with Gasteiger partial charge >= 0.3 is 6.09 Å². The Hall–Kier alpha value is -1.82. The van der Waals surface area contributed by atoms with Crippen LogP contribution in [-0.4, -0.2) is 42.8 Å². The molecular weight excluding hydrogens is 311 g/mol. The Bertz CT molecular complexity index is 543. The molecule has 1 saturated heterocycles. The smallest absolute Gasteiger partial charge is 0.410 e. The number of nitrogens with one attached hydrogen (secondary N) is 1. The van der Waals surface area contributed by atoms with E-state index in [1.54, 1.807) is 17.0 Å². The Morgan fingerprint density at radius 3 is 2.71 bits per heavy atom. The van der Waals surface area contributed by atoms with Gasteiger partial charge in [-0.05, 0) is 38.5 Å². The molecule has 1 aromatic rings. The van der Waals surface area contributed by atoms with E-state index in [0.29, 0.717) is 17.9 Å². The molecule has 1 aromatic carbocycles. The summed E-state index contributed by atoms with van der Waals surface area (Å²) in [6.45, 7) is 7.97. The van der Waals surface area contributed by atoms with Crippen molar-refractivity contribution in [1.82, 2.24) is 10.2 Å². The lowest BCUT2D eigenvalue weighted by molar-refractivity contribution is 0.0557. The summed E-state index contributed by atoms with van der Waals surface area (Å²) in [6.07, 6.45) is 1.57. The van der Waals surface area contributed by atoms with Gasteiger partial charge in [0.05, 0.1) is 6.61 Å². The van der Waals surface area contributed by atoms with Crippen LogP contribution in [0.1, 0.15) is 39.2 Å². The minimum Gasteiger partial charge on any atom is -0.494 e. The van der Waals surface area contributed by atoms with Gasteiger partial charge in [0.1, 0.15) is 18.2 Å². The van der Waals surface area contributed by atoms with E-state index in [0.717, 1.165) is 25.9 Å². The molecule has 2 atom stereocenters. The van der Waals surface area contributed by atoms with Gasteiger partial charge in [-0.1, -0.05) is 13.3 Å². The first kappa shape index (κ1) is 18.5. The molecule has 1 fully saturated rings. The third-order valence-corrected chi connectivity index (χ3v) is 4.17. The number of rotatable bonds is 6. The topological polar surface area (TPSA) is 50.8 Å². The van der Waals surface area contributed by atoms with E-state index >= 15 is 0 Å². The van der Waals surface area contributed by atoms with Crippen molar-refractivity contribution in [1.29, 1.82) is 0 Å². The molecule has 1 aliphatic rings. The fraction of sp³-hybridized carbons (Fsp3) is 0.611. The largest absolute Gasteiger partial charge is 0.494 e. The summed E-state index contributed by atoms with van der Waals surface area (Å²) in [5, 5.41) is 3.26. The minimum absolute atomic E-state index is 0.0507. The number of unbranched alkanes of at least 4 members (excludes halogenated alkanes) is 1. The Kier molecular flexibility index (Phi) is 6.85. The van der Waals surface area contributed by atoms with Crippen molar-refractivity contribution >= 4 is 6.09 Å². The van der Waals surface area contributed by atoms with Crippen LogP contribution in [0.25, 0.3) is 0 Å². The van der Waals surface area contributed by atoms with Crippen LogP contribution in [-0.2, 0) is 11.3 Å². The maximum atomic E-state index is 13.9. The van der Waals surface area contributed by atoms with E-state index in [9.17, 15) is 9.18 Å². The van der Waals surface area contributed by atoms with E-state index in [1.165, 1.54) is 6.07 Å².